The second-order valence-corrected chi connectivity index (χ2v) is 10.2. The quantitative estimate of drug-likeness (QED) is 0.174. The number of rotatable bonds is 11. The number of aromatic nitrogens is 2. The van der Waals surface area contributed by atoms with Crippen LogP contribution < -0.4 is 0 Å². The van der Waals surface area contributed by atoms with Crippen LogP contribution in [0, 0.1) is 0 Å². The average Bonchev–Trinajstić information content (AvgIpc) is 3.32. The Kier molecular flexibility index (Phi) is 8.70. The zero-order chi connectivity index (χ0) is 26.2. The fourth-order valence-corrected chi connectivity index (χ4v) is 5.03. The van der Waals surface area contributed by atoms with Crippen LogP contribution in [0.5, 0.6) is 0 Å². The molecular formula is C34H34ClN3. The first kappa shape index (κ1) is 26.0. The molecule has 3 nitrogen and oxygen atoms in total. The predicted molar refractivity (Wildman–Crippen MR) is 159 cm³/mol. The van der Waals surface area contributed by atoms with Crippen molar-refractivity contribution in [2.45, 2.75) is 45.9 Å². The Morgan fingerprint density at radius 1 is 0.658 bits per heavy atom. The first-order chi connectivity index (χ1) is 18.7. The van der Waals surface area contributed by atoms with E-state index in [1.54, 1.807) is 0 Å². The van der Waals surface area contributed by atoms with Gasteiger partial charge < -0.3 is 4.57 Å². The van der Waals surface area contributed by atoms with Gasteiger partial charge in [-0.25, -0.2) is 4.98 Å². The summed E-state index contributed by atoms with van der Waals surface area (Å²) in [7, 11) is 0. The maximum Gasteiger partial charge on any atom is 0.140 e. The minimum absolute atomic E-state index is 0.764. The molecule has 4 aromatic carbocycles. The molecule has 38 heavy (non-hydrogen) atoms. The second-order valence-electron chi connectivity index (χ2n) is 9.73. The summed E-state index contributed by atoms with van der Waals surface area (Å²) in [4.78, 5) is 7.81. The maximum absolute atomic E-state index is 6.20. The van der Waals surface area contributed by atoms with Crippen molar-refractivity contribution < 1.29 is 0 Å². The molecule has 0 aliphatic rings. The molecule has 0 spiro atoms. The number of hydrogen-bond donors (Lipinski definition) is 0. The smallest absolute Gasteiger partial charge is 0.140 e. The highest BCUT2D eigenvalue weighted by Gasteiger charge is 2.22. The second kappa shape index (κ2) is 12.7. The number of halogens is 1. The summed E-state index contributed by atoms with van der Waals surface area (Å²) in [5.41, 5.74) is 7.17. The van der Waals surface area contributed by atoms with Crippen molar-refractivity contribution in [3.63, 3.8) is 0 Å². The van der Waals surface area contributed by atoms with E-state index in [-0.39, 0.29) is 0 Å². The van der Waals surface area contributed by atoms with Crippen molar-refractivity contribution in [2.24, 2.45) is 0 Å². The average molecular weight is 520 g/mol. The van der Waals surface area contributed by atoms with Crippen molar-refractivity contribution in [3.05, 3.63) is 137 Å². The van der Waals surface area contributed by atoms with Gasteiger partial charge >= 0.3 is 0 Å². The van der Waals surface area contributed by atoms with E-state index in [4.69, 9.17) is 16.6 Å². The Balaban J connectivity index is 1.60. The molecule has 5 rings (SSSR count). The zero-order valence-electron chi connectivity index (χ0n) is 21.9. The summed E-state index contributed by atoms with van der Waals surface area (Å²) in [5, 5.41) is 0.764. The Morgan fingerprint density at radius 2 is 1.21 bits per heavy atom. The summed E-state index contributed by atoms with van der Waals surface area (Å²) < 4.78 is 2.46. The molecular weight excluding hydrogens is 486 g/mol. The van der Waals surface area contributed by atoms with Gasteiger partial charge in [0.1, 0.15) is 5.82 Å². The third-order valence-electron chi connectivity index (χ3n) is 6.83. The molecule has 0 N–H and O–H groups in total. The summed E-state index contributed by atoms with van der Waals surface area (Å²) in [6.07, 6.45) is 2.23. The summed E-state index contributed by atoms with van der Waals surface area (Å²) >= 11 is 6.20. The van der Waals surface area contributed by atoms with Crippen LogP contribution in [0.25, 0.3) is 22.6 Å². The Morgan fingerprint density at radius 3 is 1.82 bits per heavy atom. The van der Waals surface area contributed by atoms with E-state index in [9.17, 15) is 0 Å². The fourth-order valence-electron chi connectivity index (χ4n) is 4.91. The lowest BCUT2D eigenvalue weighted by atomic mass is 10.1. The SMILES string of the molecule is CCCCn1c(-c2ccccc2)nc(-c2ccccc2)c1CN(Cc1ccccc1)Cc1ccc(Cl)cc1. The lowest BCUT2D eigenvalue weighted by Gasteiger charge is -2.24. The van der Waals surface area contributed by atoms with Crippen molar-refractivity contribution in [1.29, 1.82) is 0 Å². The number of nitrogens with zero attached hydrogens (tertiary/aromatic N) is 3. The van der Waals surface area contributed by atoms with Crippen LogP contribution in [0.2, 0.25) is 5.02 Å². The summed E-state index contributed by atoms with van der Waals surface area (Å²) in [5.74, 6) is 1.04. The molecule has 192 valence electrons. The first-order valence-electron chi connectivity index (χ1n) is 13.4. The normalized spacial score (nSPS) is 11.2. The Bertz CT molecular complexity index is 1410. The van der Waals surface area contributed by atoms with Crippen LogP contribution >= 0.6 is 11.6 Å². The van der Waals surface area contributed by atoms with Crippen LogP contribution in [-0.4, -0.2) is 14.5 Å². The van der Waals surface area contributed by atoms with E-state index >= 15 is 0 Å². The lowest BCUT2D eigenvalue weighted by molar-refractivity contribution is 0.241. The summed E-state index contributed by atoms with van der Waals surface area (Å²) in [6, 6.07) is 40.1. The summed E-state index contributed by atoms with van der Waals surface area (Å²) in [6.45, 7) is 5.64. The molecule has 1 aromatic heterocycles. The lowest BCUT2D eigenvalue weighted by Crippen LogP contribution is -2.24. The van der Waals surface area contributed by atoms with E-state index in [0.717, 1.165) is 66.7 Å². The van der Waals surface area contributed by atoms with E-state index < -0.39 is 0 Å². The molecule has 0 aliphatic heterocycles. The van der Waals surface area contributed by atoms with Crippen LogP contribution in [0.15, 0.2) is 115 Å². The molecule has 5 aromatic rings. The monoisotopic (exact) mass is 519 g/mol. The number of benzene rings is 4. The maximum atomic E-state index is 6.20. The third-order valence-corrected chi connectivity index (χ3v) is 7.08. The van der Waals surface area contributed by atoms with Crippen LogP contribution in [0.1, 0.15) is 36.6 Å². The van der Waals surface area contributed by atoms with Crippen molar-refractivity contribution >= 4 is 11.6 Å². The third kappa shape index (κ3) is 6.42. The van der Waals surface area contributed by atoms with Gasteiger partial charge in [0.2, 0.25) is 0 Å². The van der Waals surface area contributed by atoms with Crippen molar-refractivity contribution in [2.75, 3.05) is 0 Å². The highest BCUT2D eigenvalue weighted by molar-refractivity contribution is 6.30. The molecule has 0 amide bonds. The van der Waals surface area contributed by atoms with Gasteiger partial charge in [-0.05, 0) is 29.7 Å². The largest absolute Gasteiger partial charge is 0.326 e. The van der Waals surface area contributed by atoms with E-state index in [2.05, 4.69) is 120 Å². The van der Waals surface area contributed by atoms with Gasteiger partial charge in [-0.1, -0.05) is 128 Å². The van der Waals surface area contributed by atoms with Gasteiger partial charge in [0.25, 0.3) is 0 Å². The van der Waals surface area contributed by atoms with E-state index in [1.807, 2.05) is 12.1 Å². The van der Waals surface area contributed by atoms with Gasteiger partial charge in [-0.3, -0.25) is 4.90 Å². The minimum atomic E-state index is 0.764. The van der Waals surface area contributed by atoms with Crippen LogP contribution in [-0.2, 0) is 26.2 Å². The molecule has 0 fully saturated rings. The van der Waals surface area contributed by atoms with Crippen molar-refractivity contribution in [1.82, 2.24) is 14.5 Å². The Labute approximate surface area is 231 Å². The molecule has 0 unspecified atom stereocenters. The molecule has 0 aliphatic carbocycles. The number of hydrogen-bond acceptors (Lipinski definition) is 2. The van der Waals surface area contributed by atoms with Crippen LogP contribution in [0.4, 0.5) is 0 Å². The Hall–Kier alpha value is -3.66. The van der Waals surface area contributed by atoms with Crippen molar-refractivity contribution in [3.8, 4) is 22.6 Å². The minimum Gasteiger partial charge on any atom is -0.326 e. The van der Waals surface area contributed by atoms with Gasteiger partial charge in [0.15, 0.2) is 0 Å². The zero-order valence-corrected chi connectivity index (χ0v) is 22.7. The van der Waals surface area contributed by atoms with Gasteiger partial charge in [-0.2, -0.15) is 0 Å². The highest BCUT2D eigenvalue weighted by Crippen LogP contribution is 2.31. The fraction of sp³-hybridized carbons (Fsp3) is 0.206. The predicted octanol–water partition coefficient (Wildman–Crippen LogP) is 8.87. The number of imidazole rings is 1. The molecule has 0 saturated heterocycles. The van der Waals surface area contributed by atoms with Gasteiger partial charge in [0.05, 0.1) is 11.4 Å². The molecule has 0 atom stereocenters. The van der Waals surface area contributed by atoms with Gasteiger partial charge in [0, 0.05) is 42.3 Å². The topological polar surface area (TPSA) is 21.1 Å². The van der Waals surface area contributed by atoms with E-state index in [1.165, 1.54) is 16.8 Å². The highest BCUT2D eigenvalue weighted by atomic mass is 35.5. The molecule has 0 radical (unpaired) electrons. The van der Waals surface area contributed by atoms with E-state index in [0.29, 0.717) is 0 Å². The molecule has 0 saturated carbocycles. The number of unbranched alkanes of at least 4 members (excludes halogenated alkanes) is 1. The van der Waals surface area contributed by atoms with Crippen LogP contribution in [0.3, 0.4) is 0 Å². The van der Waals surface area contributed by atoms with Gasteiger partial charge in [-0.15, -0.1) is 0 Å². The molecule has 4 heteroatoms. The molecule has 1 heterocycles. The standard InChI is InChI=1S/C34H34ClN3/c1-2-3-23-38-32(33(29-15-9-5-10-16-29)36-34(38)30-17-11-6-12-18-30)26-37(24-27-13-7-4-8-14-27)25-28-19-21-31(35)22-20-28/h4-22H,2-3,23-26H2,1H3. The molecule has 0 bridgehead atoms. The first-order valence-corrected chi connectivity index (χ1v) is 13.8.